The first kappa shape index (κ1) is 18.4. The average molecular weight is 340 g/mol. The van der Waals surface area contributed by atoms with Crippen molar-refractivity contribution in [2.24, 2.45) is 5.73 Å². The van der Waals surface area contributed by atoms with Gasteiger partial charge in [0, 0.05) is 25.0 Å². The van der Waals surface area contributed by atoms with Crippen LogP contribution in [0, 0.1) is 6.92 Å². The van der Waals surface area contributed by atoms with E-state index < -0.39 is 5.91 Å². The number of hydrogen-bond acceptors (Lipinski definition) is 3. The molecule has 0 aliphatic rings. The van der Waals surface area contributed by atoms with Crippen molar-refractivity contribution >= 4 is 17.6 Å². The van der Waals surface area contributed by atoms with E-state index in [4.69, 9.17) is 5.73 Å². The Morgan fingerprint density at radius 3 is 2.64 bits per heavy atom. The zero-order chi connectivity index (χ0) is 18.2. The Kier molecular flexibility index (Phi) is 6.51. The highest BCUT2D eigenvalue weighted by atomic mass is 16.2. The molecule has 0 atom stereocenters. The molecule has 0 saturated carbocycles. The number of nitrogens with zero attached hydrogens (tertiary/aromatic N) is 2. The first-order chi connectivity index (χ1) is 12.0. The summed E-state index contributed by atoms with van der Waals surface area (Å²) in [6.07, 6.45) is 3.49. The molecule has 0 fully saturated rings. The molecule has 0 bridgehead atoms. The molecule has 0 unspecified atom stereocenters. The predicted molar refractivity (Wildman–Crippen MR) is 98.3 cm³/mol. The van der Waals surface area contributed by atoms with E-state index in [1.807, 2.05) is 31.2 Å². The largest absolute Gasteiger partial charge is 0.364 e. The van der Waals surface area contributed by atoms with Crippen LogP contribution >= 0.6 is 0 Å². The van der Waals surface area contributed by atoms with Crippen LogP contribution in [0.5, 0.6) is 0 Å². The summed E-state index contributed by atoms with van der Waals surface area (Å²) in [5, 5.41) is 2.93. The lowest BCUT2D eigenvalue weighted by Gasteiger charge is -2.23. The van der Waals surface area contributed by atoms with Crippen LogP contribution in [-0.2, 0) is 6.54 Å². The highest BCUT2D eigenvalue weighted by Crippen LogP contribution is 2.13. The number of aryl methyl sites for hydroxylation is 1. The standard InChI is InChI=1S/C19H24N4O2/c1-3-4-10-23(13-15-8-9-17(18(20)24)21-12-15)19(25)22-16-7-5-6-14(2)11-16/h5-9,11-12H,3-4,10,13H2,1-2H3,(H2,20,24)(H,22,25). The minimum absolute atomic E-state index is 0.155. The van der Waals surface area contributed by atoms with Gasteiger partial charge in [0.15, 0.2) is 0 Å². The van der Waals surface area contributed by atoms with E-state index in [2.05, 4.69) is 17.2 Å². The monoisotopic (exact) mass is 340 g/mol. The van der Waals surface area contributed by atoms with Crippen molar-refractivity contribution in [2.75, 3.05) is 11.9 Å². The number of amides is 3. The van der Waals surface area contributed by atoms with Crippen molar-refractivity contribution in [3.8, 4) is 0 Å². The van der Waals surface area contributed by atoms with Gasteiger partial charge in [0.1, 0.15) is 5.69 Å². The van der Waals surface area contributed by atoms with E-state index in [9.17, 15) is 9.59 Å². The zero-order valence-corrected chi connectivity index (χ0v) is 14.7. The van der Waals surface area contributed by atoms with Gasteiger partial charge in [-0.05, 0) is 42.7 Å². The number of rotatable bonds is 7. The third-order valence-corrected chi connectivity index (χ3v) is 3.79. The maximum atomic E-state index is 12.6. The molecular weight excluding hydrogens is 316 g/mol. The lowest BCUT2D eigenvalue weighted by molar-refractivity contribution is 0.0995. The molecule has 0 radical (unpaired) electrons. The van der Waals surface area contributed by atoms with Gasteiger partial charge >= 0.3 is 6.03 Å². The number of urea groups is 1. The number of unbranched alkanes of at least 4 members (excludes halogenated alkanes) is 1. The van der Waals surface area contributed by atoms with Crippen LogP contribution in [-0.4, -0.2) is 28.4 Å². The maximum absolute atomic E-state index is 12.6. The van der Waals surface area contributed by atoms with Gasteiger partial charge in [-0.25, -0.2) is 4.79 Å². The summed E-state index contributed by atoms with van der Waals surface area (Å²) in [6.45, 7) is 5.13. The van der Waals surface area contributed by atoms with Gasteiger partial charge in [-0.1, -0.05) is 31.5 Å². The number of aromatic nitrogens is 1. The second kappa shape index (κ2) is 8.82. The van der Waals surface area contributed by atoms with Crippen LogP contribution in [0.25, 0.3) is 0 Å². The van der Waals surface area contributed by atoms with Crippen molar-refractivity contribution in [3.05, 3.63) is 59.4 Å². The molecule has 2 aromatic rings. The molecule has 0 aliphatic heterocycles. The topological polar surface area (TPSA) is 88.3 Å². The number of nitrogens with two attached hydrogens (primary N) is 1. The molecule has 132 valence electrons. The summed E-state index contributed by atoms with van der Waals surface area (Å²) in [5.41, 5.74) is 8.12. The van der Waals surface area contributed by atoms with Gasteiger partial charge in [-0.2, -0.15) is 0 Å². The molecule has 1 aromatic heterocycles. The zero-order valence-electron chi connectivity index (χ0n) is 14.7. The molecule has 6 heteroatoms. The number of primary amides is 1. The molecule has 6 nitrogen and oxygen atoms in total. The van der Waals surface area contributed by atoms with E-state index >= 15 is 0 Å². The van der Waals surface area contributed by atoms with E-state index in [0.717, 1.165) is 29.7 Å². The SMILES string of the molecule is CCCCN(Cc1ccc(C(N)=O)nc1)C(=O)Nc1cccc(C)c1. The van der Waals surface area contributed by atoms with Gasteiger partial charge < -0.3 is 16.0 Å². The minimum atomic E-state index is -0.563. The van der Waals surface area contributed by atoms with Crippen LogP contribution in [0.2, 0.25) is 0 Å². The fraction of sp³-hybridized carbons (Fsp3) is 0.316. The second-order valence-electron chi connectivity index (χ2n) is 5.99. The van der Waals surface area contributed by atoms with Crippen molar-refractivity contribution in [1.29, 1.82) is 0 Å². The van der Waals surface area contributed by atoms with E-state index in [0.29, 0.717) is 13.1 Å². The van der Waals surface area contributed by atoms with Crippen LogP contribution in [0.4, 0.5) is 10.5 Å². The summed E-state index contributed by atoms with van der Waals surface area (Å²) >= 11 is 0. The number of nitrogens with one attached hydrogen (secondary N) is 1. The molecule has 2 rings (SSSR count). The number of carbonyl (C=O) groups is 2. The van der Waals surface area contributed by atoms with Crippen LogP contribution in [0.15, 0.2) is 42.6 Å². The fourth-order valence-corrected chi connectivity index (χ4v) is 2.41. The molecule has 1 aromatic carbocycles. The number of hydrogen-bond donors (Lipinski definition) is 2. The molecule has 3 N–H and O–H groups in total. The highest BCUT2D eigenvalue weighted by Gasteiger charge is 2.14. The third-order valence-electron chi connectivity index (χ3n) is 3.79. The lowest BCUT2D eigenvalue weighted by atomic mass is 10.2. The highest BCUT2D eigenvalue weighted by molar-refractivity contribution is 5.91. The van der Waals surface area contributed by atoms with Crippen LogP contribution < -0.4 is 11.1 Å². The van der Waals surface area contributed by atoms with Crippen molar-refractivity contribution < 1.29 is 9.59 Å². The first-order valence-electron chi connectivity index (χ1n) is 8.37. The van der Waals surface area contributed by atoms with Crippen molar-refractivity contribution in [1.82, 2.24) is 9.88 Å². The number of pyridine rings is 1. The van der Waals surface area contributed by atoms with Gasteiger partial charge in [0.25, 0.3) is 5.91 Å². The van der Waals surface area contributed by atoms with Crippen LogP contribution in [0.1, 0.15) is 41.4 Å². The molecule has 1 heterocycles. The smallest absolute Gasteiger partial charge is 0.322 e. The average Bonchev–Trinajstić information content (AvgIpc) is 2.59. The Hall–Kier alpha value is -2.89. The molecule has 0 spiro atoms. The maximum Gasteiger partial charge on any atom is 0.322 e. The predicted octanol–water partition coefficient (Wildman–Crippen LogP) is 3.32. The van der Waals surface area contributed by atoms with E-state index in [-0.39, 0.29) is 11.7 Å². The summed E-state index contributed by atoms with van der Waals surface area (Å²) in [7, 11) is 0. The van der Waals surface area contributed by atoms with Crippen molar-refractivity contribution in [3.63, 3.8) is 0 Å². The van der Waals surface area contributed by atoms with Crippen LogP contribution in [0.3, 0.4) is 0 Å². The molecule has 25 heavy (non-hydrogen) atoms. The molecule has 3 amide bonds. The Labute approximate surface area is 148 Å². The van der Waals surface area contributed by atoms with E-state index in [1.54, 1.807) is 23.2 Å². The minimum Gasteiger partial charge on any atom is -0.364 e. The normalized spacial score (nSPS) is 10.3. The number of anilines is 1. The Bertz CT molecular complexity index is 728. The fourth-order valence-electron chi connectivity index (χ4n) is 2.41. The number of benzene rings is 1. The van der Waals surface area contributed by atoms with E-state index in [1.165, 1.54) is 0 Å². The Balaban J connectivity index is 2.08. The Morgan fingerprint density at radius 2 is 2.04 bits per heavy atom. The third kappa shape index (κ3) is 5.60. The lowest BCUT2D eigenvalue weighted by Crippen LogP contribution is -2.35. The first-order valence-corrected chi connectivity index (χ1v) is 8.37. The summed E-state index contributed by atoms with van der Waals surface area (Å²) < 4.78 is 0. The van der Waals surface area contributed by atoms with Gasteiger partial charge in [0.2, 0.25) is 0 Å². The van der Waals surface area contributed by atoms with Crippen molar-refractivity contribution in [2.45, 2.75) is 33.2 Å². The quantitative estimate of drug-likeness (QED) is 0.810. The molecule has 0 saturated heterocycles. The van der Waals surface area contributed by atoms with Gasteiger partial charge in [0.05, 0.1) is 0 Å². The molecular formula is C19H24N4O2. The second-order valence-corrected chi connectivity index (χ2v) is 5.99. The summed E-state index contributed by atoms with van der Waals surface area (Å²) in [5.74, 6) is -0.563. The van der Waals surface area contributed by atoms with Gasteiger partial charge in [-0.3, -0.25) is 9.78 Å². The molecule has 0 aliphatic carbocycles. The number of carbonyl (C=O) groups excluding carboxylic acids is 2. The Morgan fingerprint density at radius 1 is 1.24 bits per heavy atom. The summed E-state index contributed by atoms with van der Waals surface area (Å²) in [6, 6.07) is 10.9. The summed E-state index contributed by atoms with van der Waals surface area (Å²) in [4.78, 5) is 29.5. The van der Waals surface area contributed by atoms with Gasteiger partial charge in [-0.15, -0.1) is 0 Å².